The minimum absolute atomic E-state index is 0.199. The molecule has 0 radical (unpaired) electrons. The van der Waals surface area contributed by atoms with Crippen LogP contribution in [0.1, 0.15) is 18.4 Å². The van der Waals surface area contributed by atoms with Crippen LogP contribution in [-0.2, 0) is 6.54 Å². The number of nitrogens with two attached hydrogens (primary N) is 1. The number of methoxy groups -OCH3 is 1. The van der Waals surface area contributed by atoms with Crippen LogP contribution in [-0.4, -0.2) is 68.7 Å². The molecule has 6 nitrogen and oxygen atoms in total. The number of anilines is 1. The number of rotatable bonds is 6. The zero-order valence-electron chi connectivity index (χ0n) is 18.9. The molecule has 2 aliphatic heterocycles. The van der Waals surface area contributed by atoms with E-state index in [1.165, 1.54) is 17.7 Å². The third-order valence-electron chi connectivity index (χ3n) is 6.58. The van der Waals surface area contributed by atoms with Gasteiger partial charge in [0, 0.05) is 45.0 Å². The standard InChI is InChI=1S/C25H34FN5O/c1-32-24-8-2-21(3-9-24)19-29-12-10-20(11-13-29)18-28-25(27)31-16-14-30(15-17-31)23-6-4-22(26)5-7-23/h2-9,20H,10-19H2,1H3,(H2,27,28). The van der Waals surface area contributed by atoms with Crippen LogP contribution in [0.2, 0.25) is 0 Å². The van der Waals surface area contributed by atoms with Crippen LogP contribution in [0.5, 0.6) is 5.75 Å². The number of guanidine groups is 1. The first kappa shape index (κ1) is 22.4. The predicted molar refractivity (Wildman–Crippen MR) is 128 cm³/mol. The second-order valence-corrected chi connectivity index (χ2v) is 8.72. The molecular weight excluding hydrogens is 405 g/mol. The summed E-state index contributed by atoms with van der Waals surface area (Å²) in [5, 5.41) is 0. The van der Waals surface area contributed by atoms with Crippen LogP contribution >= 0.6 is 0 Å². The maximum absolute atomic E-state index is 13.1. The van der Waals surface area contributed by atoms with E-state index in [0.717, 1.165) is 76.6 Å². The van der Waals surface area contributed by atoms with Gasteiger partial charge in [0.05, 0.1) is 7.11 Å². The minimum Gasteiger partial charge on any atom is -0.497 e. The number of hydrogen-bond acceptors (Lipinski definition) is 4. The van der Waals surface area contributed by atoms with Crippen LogP contribution in [0.25, 0.3) is 0 Å². The Labute approximate surface area is 190 Å². The summed E-state index contributed by atoms with van der Waals surface area (Å²) in [6, 6.07) is 15.0. The maximum atomic E-state index is 13.1. The summed E-state index contributed by atoms with van der Waals surface area (Å²) >= 11 is 0. The third kappa shape index (κ3) is 5.91. The van der Waals surface area contributed by atoms with E-state index in [1.54, 1.807) is 7.11 Å². The summed E-state index contributed by atoms with van der Waals surface area (Å²) in [6.07, 6.45) is 2.32. The van der Waals surface area contributed by atoms with Crippen molar-refractivity contribution in [3.05, 3.63) is 59.9 Å². The van der Waals surface area contributed by atoms with Crippen LogP contribution in [0.15, 0.2) is 53.5 Å². The first-order valence-electron chi connectivity index (χ1n) is 11.5. The molecular formula is C25H34FN5O. The molecule has 2 fully saturated rings. The topological polar surface area (TPSA) is 57.3 Å². The van der Waals surface area contributed by atoms with E-state index < -0.39 is 0 Å². The molecule has 32 heavy (non-hydrogen) atoms. The van der Waals surface area contributed by atoms with Gasteiger partial charge in [0.15, 0.2) is 5.96 Å². The zero-order chi connectivity index (χ0) is 22.3. The number of benzene rings is 2. The lowest BCUT2D eigenvalue weighted by molar-refractivity contribution is 0.180. The van der Waals surface area contributed by atoms with Gasteiger partial charge in [0.2, 0.25) is 0 Å². The van der Waals surface area contributed by atoms with E-state index >= 15 is 0 Å². The summed E-state index contributed by atoms with van der Waals surface area (Å²) in [6.45, 7) is 7.41. The first-order chi connectivity index (χ1) is 15.6. The van der Waals surface area contributed by atoms with Crippen LogP contribution in [0, 0.1) is 11.7 Å². The highest BCUT2D eigenvalue weighted by molar-refractivity contribution is 5.78. The van der Waals surface area contributed by atoms with Gasteiger partial charge in [0.25, 0.3) is 0 Å². The van der Waals surface area contributed by atoms with Crippen molar-refractivity contribution in [2.45, 2.75) is 19.4 Å². The molecule has 4 rings (SSSR count). The number of nitrogens with zero attached hydrogens (tertiary/aromatic N) is 4. The molecule has 2 saturated heterocycles. The van der Waals surface area contributed by atoms with E-state index in [0.29, 0.717) is 11.9 Å². The largest absolute Gasteiger partial charge is 0.497 e. The number of aliphatic imine (C=N–C) groups is 1. The first-order valence-corrected chi connectivity index (χ1v) is 11.5. The molecule has 2 aromatic rings. The molecule has 7 heteroatoms. The Morgan fingerprint density at radius 1 is 0.969 bits per heavy atom. The van der Waals surface area contributed by atoms with Gasteiger partial charge in [-0.25, -0.2) is 4.39 Å². The Balaban J connectivity index is 1.18. The molecule has 0 amide bonds. The van der Waals surface area contributed by atoms with Gasteiger partial charge in [-0.3, -0.25) is 9.89 Å². The maximum Gasteiger partial charge on any atom is 0.191 e. The fourth-order valence-corrected chi connectivity index (χ4v) is 4.48. The number of likely N-dealkylation sites (tertiary alicyclic amines) is 1. The molecule has 2 aromatic carbocycles. The van der Waals surface area contributed by atoms with Crippen molar-refractivity contribution in [1.29, 1.82) is 0 Å². The van der Waals surface area contributed by atoms with Gasteiger partial charge in [-0.2, -0.15) is 0 Å². The molecule has 0 spiro atoms. The van der Waals surface area contributed by atoms with E-state index in [1.807, 2.05) is 24.3 Å². The van der Waals surface area contributed by atoms with Gasteiger partial charge in [-0.05, 0) is 73.8 Å². The van der Waals surface area contributed by atoms with E-state index in [4.69, 9.17) is 15.5 Å². The number of piperazine rings is 1. The van der Waals surface area contributed by atoms with Crippen molar-refractivity contribution < 1.29 is 9.13 Å². The number of hydrogen-bond donors (Lipinski definition) is 1. The number of ether oxygens (including phenoxy) is 1. The van der Waals surface area contributed by atoms with Crippen molar-refractivity contribution in [1.82, 2.24) is 9.80 Å². The van der Waals surface area contributed by atoms with Crippen molar-refractivity contribution in [2.24, 2.45) is 16.6 Å². The molecule has 2 heterocycles. The van der Waals surface area contributed by atoms with Crippen molar-refractivity contribution in [3.63, 3.8) is 0 Å². The van der Waals surface area contributed by atoms with Gasteiger partial charge in [-0.1, -0.05) is 12.1 Å². The van der Waals surface area contributed by atoms with Crippen molar-refractivity contribution in [2.75, 3.05) is 57.8 Å². The average molecular weight is 440 g/mol. The van der Waals surface area contributed by atoms with Gasteiger partial charge < -0.3 is 20.3 Å². The van der Waals surface area contributed by atoms with Crippen LogP contribution in [0.3, 0.4) is 0 Å². The summed E-state index contributed by atoms with van der Waals surface area (Å²) in [5.41, 5.74) is 8.69. The lowest BCUT2D eigenvalue weighted by Crippen LogP contribution is -2.51. The third-order valence-corrected chi connectivity index (χ3v) is 6.58. The molecule has 2 N–H and O–H groups in total. The lowest BCUT2D eigenvalue weighted by atomic mass is 9.96. The number of piperidine rings is 1. The summed E-state index contributed by atoms with van der Waals surface area (Å²) in [5.74, 6) is 1.96. The Hall–Kier alpha value is -2.80. The van der Waals surface area contributed by atoms with Gasteiger partial charge >= 0.3 is 0 Å². The average Bonchev–Trinajstić information content (AvgIpc) is 2.84. The Bertz CT molecular complexity index is 870. The monoisotopic (exact) mass is 439 g/mol. The summed E-state index contributed by atoms with van der Waals surface area (Å²) < 4.78 is 18.4. The highest BCUT2D eigenvalue weighted by Crippen LogP contribution is 2.21. The zero-order valence-corrected chi connectivity index (χ0v) is 18.9. The molecule has 0 bridgehead atoms. The Morgan fingerprint density at radius 3 is 2.25 bits per heavy atom. The second-order valence-electron chi connectivity index (χ2n) is 8.72. The highest BCUT2D eigenvalue weighted by atomic mass is 19.1. The molecule has 0 aliphatic carbocycles. The Kier molecular flexibility index (Phi) is 7.47. The van der Waals surface area contributed by atoms with Crippen molar-refractivity contribution >= 4 is 11.6 Å². The quantitative estimate of drug-likeness (QED) is 0.553. The molecule has 0 aromatic heterocycles. The smallest absolute Gasteiger partial charge is 0.191 e. The lowest BCUT2D eigenvalue weighted by Gasteiger charge is -2.37. The molecule has 172 valence electrons. The van der Waals surface area contributed by atoms with Crippen LogP contribution < -0.4 is 15.4 Å². The fraction of sp³-hybridized carbons (Fsp3) is 0.480. The molecule has 2 aliphatic rings. The fourth-order valence-electron chi connectivity index (χ4n) is 4.48. The predicted octanol–water partition coefficient (Wildman–Crippen LogP) is 3.18. The van der Waals surface area contributed by atoms with Crippen molar-refractivity contribution in [3.8, 4) is 5.75 Å². The van der Waals surface area contributed by atoms with Gasteiger partial charge in [0.1, 0.15) is 11.6 Å². The number of halogens is 1. The molecule has 0 unspecified atom stereocenters. The normalized spacial score (nSPS) is 18.8. The van der Waals surface area contributed by atoms with E-state index in [9.17, 15) is 4.39 Å². The Morgan fingerprint density at radius 2 is 1.62 bits per heavy atom. The second kappa shape index (κ2) is 10.7. The molecule has 0 atom stereocenters. The summed E-state index contributed by atoms with van der Waals surface area (Å²) in [7, 11) is 1.70. The highest BCUT2D eigenvalue weighted by Gasteiger charge is 2.21. The van der Waals surface area contributed by atoms with E-state index in [-0.39, 0.29) is 5.82 Å². The SMILES string of the molecule is COc1ccc(CN2CCC(CN=C(N)N3CCN(c4ccc(F)cc4)CC3)CC2)cc1. The molecule has 0 saturated carbocycles. The van der Waals surface area contributed by atoms with Crippen LogP contribution in [0.4, 0.5) is 10.1 Å². The minimum atomic E-state index is -0.199. The van der Waals surface area contributed by atoms with Gasteiger partial charge in [-0.15, -0.1) is 0 Å². The van der Waals surface area contributed by atoms with E-state index in [2.05, 4.69) is 26.8 Å². The summed E-state index contributed by atoms with van der Waals surface area (Å²) in [4.78, 5) is 11.7.